The minimum Gasteiger partial charge on any atom is -0.271 e. The third-order valence-electron chi connectivity index (χ3n) is 4.15. The molecule has 0 saturated heterocycles. The number of para-hydroxylation sites is 1. The Labute approximate surface area is 114 Å². The number of nitrogens with two attached hydrogens (primary N) is 1. The number of rotatable bonds is 5. The number of nitrogens with zero attached hydrogens (tertiary/aromatic N) is 2. The Bertz CT molecular complexity index is 544. The summed E-state index contributed by atoms with van der Waals surface area (Å²) in [5, 5.41) is 5.86. The number of hydrogen-bond acceptors (Lipinski definition) is 3. The molecule has 1 heterocycles. The Morgan fingerprint density at radius 3 is 2.58 bits per heavy atom. The molecule has 2 unspecified atom stereocenters. The molecule has 0 radical (unpaired) electrons. The highest BCUT2D eigenvalue weighted by molar-refractivity contribution is 5.81. The predicted octanol–water partition coefficient (Wildman–Crippen LogP) is 2.24. The molecule has 0 aliphatic carbocycles. The average Bonchev–Trinajstić information content (AvgIpc) is 2.72. The molecule has 19 heavy (non-hydrogen) atoms. The molecule has 0 aliphatic heterocycles. The van der Waals surface area contributed by atoms with E-state index in [9.17, 15) is 0 Å². The number of aromatic nitrogens is 2. The third kappa shape index (κ3) is 2.80. The number of fused-ring (bicyclic) bond motifs is 1. The van der Waals surface area contributed by atoms with Crippen LogP contribution in [0.3, 0.4) is 0 Å². The number of benzene rings is 1. The molecule has 4 nitrogen and oxygen atoms in total. The molecule has 2 atom stereocenters. The van der Waals surface area contributed by atoms with Gasteiger partial charge in [-0.2, -0.15) is 5.10 Å². The molecular weight excluding hydrogens is 236 g/mol. The van der Waals surface area contributed by atoms with Crippen molar-refractivity contribution in [1.29, 1.82) is 0 Å². The molecular formula is C15H24N4. The summed E-state index contributed by atoms with van der Waals surface area (Å²) < 4.78 is 1.94. The third-order valence-corrected chi connectivity index (χ3v) is 4.15. The molecule has 2 rings (SSSR count). The van der Waals surface area contributed by atoms with Crippen LogP contribution in [-0.4, -0.2) is 15.8 Å². The van der Waals surface area contributed by atoms with Gasteiger partial charge in [0, 0.05) is 24.9 Å². The van der Waals surface area contributed by atoms with E-state index in [-0.39, 0.29) is 6.04 Å². The van der Waals surface area contributed by atoms with E-state index in [0.29, 0.717) is 11.8 Å². The van der Waals surface area contributed by atoms with Crippen LogP contribution in [0.4, 0.5) is 0 Å². The fraction of sp³-hybridized carbons (Fsp3) is 0.533. The quantitative estimate of drug-likeness (QED) is 0.640. The number of hydrogen-bond donors (Lipinski definition) is 2. The first kappa shape index (κ1) is 14.0. The van der Waals surface area contributed by atoms with E-state index in [1.54, 1.807) is 0 Å². The molecule has 4 heteroatoms. The van der Waals surface area contributed by atoms with E-state index in [4.69, 9.17) is 5.84 Å². The first-order valence-electron chi connectivity index (χ1n) is 6.91. The van der Waals surface area contributed by atoms with Crippen LogP contribution in [0.15, 0.2) is 24.3 Å². The highest BCUT2D eigenvalue weighted by Gasteiger charge is 2.21. The molecule has 0 saturated carbocycles. The zero-order chi connectivity index (χ0) is 14.0. The lowest BCUT2D eigenvalue weighted by atomic mass is 9.88. The van der Waals surface area contributed by atoms with Gasteiger partial charge in [0.25, 0.3) is 0 Å². The summed E-state index contributed by atoms with van der Waals surface area (Å²) >= 11 is 0. The summed E-state index contributed by atoms with van der Waals surface area (Å²) in [5.41, 5.74) is 5.25. The fourth-order valence-corrected chi connectivity index (χ4v) is 2.51. The lowest BCUT2D eigenvalue weighted by molar-refractivity contribution is 0.298. The minimum atomic E-state index is 0.248. The molecule has 1 aromatic carbocycles. The predicted molar refractivity (Wildman–Crippen MR) is 79.5 cm³/mol. The summed E-state index contributed by atoms with van der Waals surface area (Å²) in [4.78, 5) is 0. The molecule has 0 bridgehead atoms. The summed E-state index contributed by atoms with van der Waals surface area (Å²) in [5.74, 6) is 6.82. The molecule has 104 valence electrons. The zero-order valence-electron chi connectivity index (χ0n) is 12.2. The van der Waals surface area contributed by atoms with Gasteiger partial charge >= 0.3 is 0 Å². The highest BCUT2D eigenvalue weighted by atomic mass is 15.3. The molecule has 3 N–H and O–H groups in total. The van der Waals surface area contributed by atoms with Crippen LogP contribution in [0, 0.1) is 11.8 Å². The van der Waals surface area contributed by atoms with Crippen molar-refractivity contribution >= 4 is 10.9 Å². The molecule has 0 aliphatic rings. The molecule has 1 aromatic heterocycles. The Hall–Kier alpha value is -1.39. The highest BCUT2D eigenvalue weighted by Crippen LogP contribution is 2.22. The van der Waals surface area contributed by atoms with Crippen LogP contribution in [-0.2, 0) is 13.5 Å². The van der Waals surface area contributed by atoms with Crippen molar-refractivity contribution < 1.29 is 0 Å². The van der Waals surface area contributed by atoms with Crippen molar-refractivity contribution in [3.63, 3.8) is 0 Å². The fourth-order valence-electron chi connectivity index (χ4n) is 2.51. The van der Waals surface area contributed by atoms with E-state index in [0.717, 1.165) is 12.1 Å². The van der Waals surface area contributed by atoms with Crippen LogP contribution >= 0.6 is 0 Å². The van der Waals surface area contributed by atoms with Crippen LogP contribution in [0.5, 0.6) is 0 Å². The van der Waals surface area contributed by atoms with E-state index in [2.05, 4.69) is 49.5 Å². The number of nitrogens with one attached hydrogen (secondary N) is 1. The Morgan fingerprint density at radius 1 is 1.26 bits per heavy atom. The van der Waals surface area contributed by atoms with Crippen LogP contribution in [0.1, 0.15) is 26.5 Å². The van der Waals surface area contributed by atoms with Gasteiger partial charge in [-0.15, -0.1) is 0 Å². The molecule has 0 fully saturated rings. The lowest BCUT2D eigenvalue weighted by Gasteiger charge is -2.25. The van der Waals surface area contributed by atoms with E-state index < -0.39 is 0 Å². The Balaban J connectivity index is 2.30. The lowest BCUT2D eigenvalue weighted by Crippen LogP contribution is -2.43. The standard InChI is InChI=1S/C15H24N4/c1-10(2)11(3)13(17-16)9-14-12-7-5-6-8-15(12)19(4)18-14/h5-8,10-11,13,17H,9,16H2,1-4H3. The SMILES string of the molecule is CC(C)C(C)C(Cc1nn(C)c2ccccc12)NN. The van der Waals surface area contributed by atoms with Gasteiger partial charge in [-0.1, -0.05) is 39.0 Å². The summed E-state index contributed by atoms with van der Waals surface area (Å²) in [6.07, 6.45) is 0.858. The maximum absolute atomic E-state index is 5.73. The van der Waals surface area contributed by atoms with Gasteiger partial charge in [0.15, 0.2) is 0 Å². The van der Waals surface area contributed by atoms with Gasteiger partial charge in [0.1, 0.15) is 0 Å². The Morgan fingerprint density at radius 2 is 1.95 bits per heavy atom. The van der Waals surface area contributed by atoms with Crippen molar-refractivity contribution in [3.05, 3.63) is 30.0 Å². The van der Waals surface area contributed by atoms with Crippen molar-refractivity contribution in [1.82, 2.24) is 15.2 Å². The van der Waals surface area contributed by atoms with Crippen molar-refractivity contribution in [3.8, 4) is 0 Å². The maximum atomic E-state index is 5.73. The van der Waals surface area contributed by atoms with E-state index in [1.165, 1.54) is 10.9 Å². The van der Waals surface area contributed by atoms with Crippen LogP contribution in [0.2, 0.25) is 0 Å². The average molecular weight is 260 g/mol. The molecule has 0 spiro atoms. The van der Waals surface area contributed by atoms with Gasteiger partial charge in [0.05, 0.1) is 11.2 Å². The van der Waals surface area contributed by atoms with Crippen LogP contribution < -0.4 is 11.3 Å². The first-order chi connectivity index (χ1) is 9.04. The van der Waals surface area contributed by atoms with Crippen molar-refractivity contribution in [2.24, 2.45) is 24.7 Å². The number of aryl methyl sites for hydroxylation is 1. The van der Waals surface area contributed by atoms with Gasteiger partial charge in [0.2, 0.25) is 0 Å². The second kappa shape index (κ2) is 5.72. The van der Waals surface area contributed by atoms with Gasteiger partial charge in [-0.25, -0.2) is 0 Å². The molecule has 2 aromatic rings. The monoisotopic (exact) mass is 260 g/mol. The zero-order valence-corrected chi connectivity index (χ0v) is 12.2. The minimum absolute atomic E-state index is 0.248. The smallest absolute Gasteiger partial charge is 0.0719 e. The normalized spacial score (nSPS) is 15.1. The summed E-state index contributed by atoms with van der Waals surface area (Å²) in [6, 6.07) is 8.58. The Kier molecular flexibility index (Phi) is 4.22. The van der Waals surface area contributed by atoms with Crippen LogP contribution in [0.25, 0.3) is 10.9 Å². The second-order valence-corrected chi connectivity index (χ2v) is 5.67. The summed E-state index contributed by atoms with van der Waals surface area (Å²) in [7, 11) is 1.99. The summed E-state index contributed by atoms with van der Waals surface area (Å²) in [6.45, 7) is 6.69. The van der Waals surface area contributed by atoms with E-state index >= 15 is 0 Å². The second-order valence-electron chi connectivity index (χ2n) is 5.67. The molecule has 0 amide bonds. The topological polar surface area (TPSA) is 55.9 Å². The van der Waals surface area contributed by atoms with Gasteiger partial charge in [-0.3, -0.25) is 16.0 Å². The van der Waals surface area contributed by atoms with Gasteiger partial charge in [-0.05, 0) is 17.9 Å². The first-order valence-corrected chi connectivity index (χ1v) is 6.91. The van der Waals surface area contributed by atoms with Crippen molar-refractivity contribution in [2.45, 2.75) is 33.2 Å². The largest absolute Gasteiger partial charge is 0.271 e. The van der Waals surface area contributed by atoms with Gasteiger partial charge < -0.3 is 0 Å². The maximum Gasteiger partial charge on any atom is 0.0719 e. The number of hydrazine groups is 1. The van der Waals surface area contributed by atoms with E-state index in [1.807, 2.05) is 17.8 Å². The van der Waals surface area contributed by atoms with Crippen molar-refractivity contribution in [2.75, 3.05) is 0 Å².